The molecule has 0 fully saturated rings. The van der Waals surface area contributed by atoms with Gasteiger partial charge in [0.2, 0.25) is 0 Å². The van der Waals surface area contributed by atoms with Crippen LogP contribution < -0.4 is 9.80 Å². The average Bonchev–Trinajstić information content (AvgIpc) is 3.78. The van der Waals surface area contributed by atoms with Crippen LogP contribution in [0.3, 0.4) is 0 Å². The second-order valence-electron chi connectivity index (χ2n) is 18.2. The number of rotatable bonds is 10. The first-order valence-electron chi connectivity index (χ1n) is 24.3. The van der Waals surface area contributed by atoms with Gasteiger partial charge in [-0.3, -0.25) is 0 Å². The third kappa shape index (κ3) is 7.46. The van der Waals surface area contributed by atoms with Crippen molar-refractivity contribution in [2.75, 3.05) is 9.80 Å². The summed E-state index contributed by atoms with van der Waals surface area (Å²) in [7, 11) is 0. The molecule has 0 aromatic heterocycles. The third-order valence-corrected chi connectivity index (χ3v) is 14.2. The summed E-state index contributed by atoms with van der Waals surface area (Å²) in [5.41, 5.74) is 19.6. The lowest BCUT2D eigenvalue weighted by atomic mass is 9.89. The quantitative estimate of drug-likeness (QED) is 0.0997. The highest BCUT2D eigenvalue weighted by Gasteiger charge is 2.31. The van der Waals surface area contributed by atoms with Gasteiger partial charge in [0.05, 0.1) is 22.7 Å². The lowest BCUT2D eigenvalue weighted by Crippen LogP contribution is -2.24. The number of anilines is 4. The van der Waals surface area contributed by atoms with Crippen molar-refractivity contribution in [2.24, 2.45) is 0 Å². The molecule has 0 N–H and O–H groups in total. The zero-order chi connectivity index (χ0) is 46.3. The smallest absolute Gasteiger partial charge is 0.0541 e. The van der Waals surface area contributed by atoms with Gasteiger partial charge in [-0.05, 0) is 134 Å². The Labute approximate surface area is 405 Å². The van der Waals surface area contributed by atoms with Crippen LogP contribution in [0.25, 0.3) is 60.7 Å². The zero-order valence-corrected chi connectivity index (χ0v) is 38.9. The highest BCUT2D eigenvalue weighted by Crippen LogP contribution is 2.51. The summed E-state index contributed by atoms with van der Waals surface area (Å²) in [5, 5.41) is 7.44. The molecule has 0 unspecified atom stereocenters. The van der Waals surface area contributed by atoms with Crippen molar-refractivity contribution in [1.82, 2.24) is 0 Å². The molecule has 9 aromatic rings. The van der Waals surface area contributed by atoms with E-state index in [1.165, 1.54) is 88.2 Å². The van der Waals surface area contributed by atoms with Crippen LogP contribution in [0.5, 0.6) is 0 Å². The Balaban J connectivity index is 1.13. The largest absolute Gasteiger partial charge is 0.313 e. The van der Waals surface area contributed by atoms with Gasteiger partial charge < -0.3 is 9.80 Å². The number of nitrogens with zero attached hydrogens (tertiary/aromatic N) is 2. The van der Waals surface area contributed by atoms with Crippen molar-refractivity contribution in [2.45, 2.75) is 32.6 Å². The minimum Gasteiger partial charge on any atom is -0.313 e. The Morgan fingerprint density at radius 1 is 0.580 bits per heavy atom. The topological polar surface area (TPSA) is 6.48 Å². The predicted octanol–water partition coefficient (Wildman–Crippen LogP) is 18.1. The molecular weight excluding hydrogens is 833 g/mol. The first kappa shape index (κ1) is 41.9. The van der Waals surface area contributed by atoms with E-state index in [2.05, 4.69) is 260 Å². The molecule has 69 heavy (non-hydrogen) atoms. The van der Waals surface area contributed by atoms with Crippen LogP contribution in [0.2, 0.25) is 0 Å². The van der Waals surface area contributed by atoms with Crippen LogP contribution >= 0.6 is 0 Å². The second-order valence-corrected chi connectivity index (χ2v) is 18.2. The van der Waals surface area contributed by atoms with Crippen molar-refractivity contribution in [3.63, 3.8) is 0 Å². The van der Waals surface area contributed by atoms with E-state index in [0.29, 0.717) is 0 Å². The minimum absolute atomic E-state index is 0.783. The highest BCUT2D eigenvalue weighted by atomic mass is 15.2. The van der Waals surface area contributed by atoms with E-state index in [1.807, 2.05) is 0 Å². The molecule has 0 heterocycles. The fourth-order valence-electron chi connectivity index (χ4n) is 11.1. The van der Waals surface area contributed by atoms with Gasteiger partial charge in [-0.1, -0.05) is 207 Å². The molecule has 3 aliphatic carbocycles. The van der Waals surface area contributed by atoms with E-state index in [9.17, 15) is 0 Å². The Bertz CT molecular complexity index is 3690. The van der Waals surface area contributed by atoms with Gasteiger partial charge in [-0.2, -0.15) is 0 Å². The van der Waals surface area contributed by atoms with Crippen molar-refractivity contribution < 1.29 is 0 Å². The standard InChI is InChI=1S/C67H52N2/c1-3-4-8-27-52(44-47-22-10-6-11-23-47)68(63-35-20-32-56-54-28-16-15-26-51(54)45-60(56)63)64-42-38-49-37-41-59-65(43-39-50-36-40-58(64)66(49)67(50)59)69(61-33-18-17-29-55(61)48-24-12-7-13-25-48)62-34-19-31-53-46(2)21-9-5-14-30-57(53)62/h3-19,21-29,31-34,36-44H,2,20,30,35,45H2,1H3/b4-3-,14-5-,21-9-,27-8-,52-44?. The van der Waals surface area contributed by atoms with Gasteiger partial charge in [0.25, 0.3) is 0 Å². The molecule has 330 valence electrons. The first-order chi connectivity index (χ1) is 34.1. The maximum atomic E-state index is 4.55. The van der Waals surface area contributed by atoms with E-state index in [1.54, 1.807) is 0 Å². The maximum absolute atomic E-state index is 4.55. The molecule has 0 saturated heterocycles. The minimum atomic E-state index is 0.783. The molecular formula is C67H52N2. The van der Waals surface area contributed by atoms with Crippen LogP contribution in [-0.2, 0) is 12.8 Å². The van der Waals surface area contributed by atoms with Crippen LogP contribution in [0.4, 0.5) is 22.7 Å². The number of fused-ring (bicyclic) bond motifs is 4. The fourth-order valence-corrected chi connectivity index (χ4v) is 11.1. The lowest BCUT2D eigenvalue weighted by Gasteiger charge is -2.34. The molecule has 0 spiro atoms. The van der Waals surface area contributed by atoms with Gasteiger partial charge >= 0.3 is 0 Å². The maximum Gasteiger partial charge on any atom is 0.0541 e. The second kappa shape index (κ2) is 18.0. The Morgan fingerprint density at radius 3 is 2.04 bits per heavy atom. The van der Waals surface area contributed by atoms with E-state index < -0.39 is 0 Å². The molecule has 3 aliphatic rings. The molecule has 0 amide bonds. The normalized spacial score (nSPS) is 15.6. The number of hydrogen-bond donors (Lipinski definition) is 0. The number of para-hydroxylation sites is 1. The van der Waals surface area contributed by atoms with Crippen LogP contribution in [0.15, 0.2) is 254 Å². The zero-order valence-electron chi connectivity index (χ0n) is 38.9. The third-order valence-electron chi connectivity index (χ3n) is 14.2. The highest BCUT2D eigenvalue weighted by molar-refractivity contribution is 6.28. The summed E-state index contributed by atoms with van der Waals surface area (Å²) in [6.45, 7) is 6.63. The van der Waals surface area contributed by atoms with Gasteiger partial charge in [0, 0.05) is 34.2 Å². The summed E-state index contributed by atoms with van der Waals surface area (Å²) in [5.74, 6) is 0. The molecule has 0 aliphatic heterocycles. The number of hydrogen-bond acceptors (Lipinski definition) is 2. The van der Waals surface area contributed by atoms with Crippen LogP contribution in [0, 0.1) is 0 Å². The van der Waals surface area contributed by atoms with Crippen molar-refractivity contribution in [3.8, 4) is 11.1 Å². The summed E-state index contributed by atoms with van der Waals surface area (Å²) in [6.07, 6.45) is 25.8. The molecule has 9 aromatic carbocycles. The molecule has 2 heteroatoms. The van der Waals surface area contributed by atoms with E-state index in [-0.39, 0.29) is 0 Å². The number of benzene rings is 9. The molecule has 0 bridgehead atoms. The SMILES string of the molecule is C=C1/C=C\C=C/Cc2c1cccc2N(c1ccccc1-c1ccccc1)c1ccc2ccc3c(N(C(=Cc4ccccc4)/C=C\C=C/C)C4=C5Cc6ccccc6C5=CCC4)ccc4ccc1c2c43. The van der Waals surface area contributed by atoms with Gasteiger partial charge in [0.1, 0.15) is 0 Å². The predicted molar refractivity (Wildman–Crippen MR) is 297 cm³/mol. The first-order valence-corrected chi connectivity index (χ1v) is 24.3. The summed E-state index contributed by atoms with van der Waals surface area (Å²) >= 11 is 0. The van der Waals surface area contributed by atoms with Gasteiger partial charge in [0.15, 0.2) is 0 Å². The molecule has 12 rings (SSSR count). The molecule has 2 nitrogen and oxygen atoms in total. The molecule has 0 saturated carbocycles. The lowest BCUT2D eigenvalue weighted by molar-refractivity contribution is 0.885. The average molecular weight is 885 g/mol. The van der Waals surface area contributed by atoms with E-state index in [4.69, 9.17) is 0 Å². The Kier molecular flexibility index (Phi) is 10.9. The fraction of sp³-hybridized carbons (Fsp3) is 0.0746. The van der Waals surface area contributed by atoms with Crippen molar-refractivity contribution >= 4 is 72.3 Å². The summed E-state index contributed by atoms with van der Waals surface area (Å²) in [4.78, 5) is 5.13. The van der Waals surface area contributed by atoms with Crippen LogP contribution in [-0.4, -0.2) is 0 Å². The van der Waals surface area contributed by atoms with Crippen molar-refractivity contribution in [3.05, 3.63) is 282 Å². The van der Waals surface area contributed by atoms with E-state index in [0.717, 1.165) is 59.6 Å². The summed E-state index contributed by atoms with van der Waals surface area (Å²) < 4.78 is 0. The van der Waals surface area contributed by atoms with E-state index >= 15 is 0 Å². The molecule has 0 atom stereocenters. The molecule has 0 radical (unpaired) electrons. The van der Waals surface area contributed by atoms with Gasteiger partial charge in [-0.25, -0.2) is 0 Å². The van der Waals surface area contributed by atoms with Crippen molar-refractivity contribution in [1.29, 1.82) is 0 Å². The number of allylic oxidation sites excluding steroid dienone is 13. The monoisotopic (exact) mass is 884 g/mol. The summed E-state index contributed by atoms with van der Waals surface area (Å²) in [6, 6.07) is 65.0. The van der Waals surface area contributed by atoms with Crippen LogP contribution in [0.1, 0.15) is 47.6 Å². The van der Waals surface area contributed by atoms with Gasteiger partial charge in [-0.15, -0.1) is 0 Å². The Hall–Kier alpha value is -8.46. The Morgan fingerprint density at radius 2 is 1.25 bits per heavy atom.